The van der Waals surface area contributed by atoms with Crippen LogP contribution in [-0.4, -0.2) is 34.3 Å². The number of aromatic carboxylic acids is 1. The molecule has 0 unspecified atom stereocenters. The maximum Gasteiger partial charge on any atom is 0.341 e. The van der Waals surface area contributed by atoms with Crippen molar-refractivity contribution in [3.8, 4) is 11.5 Å². The molecule has 0 aliphatic heterocycles. The molecule has 0 aliphatic rings. The second-order valence-corrected chi connectivity index (χ2v) is 3.90. The van der Waals surface area contributed by atoms with Crippen LogP contribution in [0.1, 0.15) is 10.4 Å². The third-order valence-corrected chi connectivity index (χ3v) is 2.42. The normalized spacial score (nSPS) is 11.3. The molecule has 0 fully saturated rings. The summed E-state index contributed by atoms with van der Waals surface area (Å²) in [6.07, 6.45) is 0. The summed E-state index contributed by atoms with van der Waals surface area (Å²) in [6, 6.07) is 2.42. The van der Waals surface area contributed by atoms with Crippen LogP contribution in [0.2, 0.25) is 0 Å². The maximum absolute atomic E-state index is 10.7. The summed E-state index contributed by atoms with van der Waals surface area (Å²) in [5, 5.41) is 26.5. The number of carbonyl (C=O) groups is 1. The van der Waals surface area contributed by atoms with Crippen molar-refractivity contribution in [3.05, 3.63) is 17.7 Å². The lowest BCUT2D eigenvalue weighted by Crippen LogP contribution is -2.08. The van der Waals surface area contributed by atoms with Crippen molar-refractivity contribution in [3.63, 3.8) is 0 Å². The first-order valence-electron chi connectivity index (χ1n) is 3.42. The molecular formula is C7H5O7S. The topological polar surface area (TPSA) is 132 Å². The molecule has 81 valence electrons. The lowest BCUT2D eigenvalue weighted by atomic mass is 10.2. The first-order chi connectivity index (χ1) is 6.75. The molecule has 0 bridgehead atoms. The van der Waals surface area contributed by atoms with Crippen LogP contribution < -0.4 is 0 Å². The van der Waals surface area contributed by atoms with E-state index in [-0.39, 0.29) is 0 Å². The van der Waals surface area contributed by atoms with Crippen molar-refractivity contribution < 1.29 is 33.1 Å². The predicted molar refractivity (Wildman–Crippen MR) is 45.4 cm³/mol. The van der Waals surface area contributed by atoms with Crippen LogP contribution >= 0.6 is 0 Å². The van der Waals surface area contributed by atoms with Crippen LogP contribution in [0.15, 0.2) is 11.0 Å². The number of hydrogen-bond donors (Lipinski definition) is 4. The van der Waals surface area contributed by atoms with Crippen LogP contribution in [0.5, 0.6) is 11.5 Å². The Bertz CT molecular complexity index is 516. The fraction of sp³-hybridized carbons (Fsp3) is 0. The second-order valence-electron chi connectivity index (χ2n) is 2.51. The molecule has 0 saturated heterocycles. The van der Waals surface area contributed by atoms with E-state index in [4.69, 9.17) is 19.9 Å². The van der Waals surface area contributed by atoms with Gasteiger partial charge >= 0.3 is 5.97 Å². The minimum absolute atomic E-state index is 0.549. The number of carboxylic acid groups (broad SMARTS) is 1. The summed E-state index contributed by atoms with van der Waals surface area (Å²) in [6.45, 7) is 0. The van der Waals surface area contributed by atoms with Crippen LogP contribution in [-0.2, 0) is 10.1 Å². The summed E-state index contributed by atoms with van der Waals surface area (Å²) in [4.78, 5) is 9.54. The number of hydrogen-bond acceptors (Lipinski definition) is 5. The molecule has 0 spiro atoms. The molecule has 0 heterocycles. The van der Waals surface area contributed by atoms with Gasteiger partial charge in [-0.1, -0.05) is 0 Å². The number of benzene rings is 1. The summed E-state index contributed by atoms with van der Waals surface area (Å²) in [5.41, 5.74) is -1.10. The minimum atomic E-state index is -4.80. The van der Waals surface area contributed by atoms with Gasteiger partial charge in [-0.05, 0) is 6.07 Å². The number of rotatable bonds is 2. The average Bonchev–Trinajstić information content (AvgIpc) is 2.06. The van der Waals surface area contributed by atoms with E-state index in [0.717, 1.165) is 0 Å². The van der Waals surface area contributed by atoms with E-state index < -0.39 is 38.0 Å². The zero-order valence-electron chi connectivity index (χ0n) is 7.00. The molecular weight excluding hydrogens is 228 g/mol. The Hall–Kier alpha value is -1.80. The van der Waals surface area contributed by atoms with Gasteiger partial charge in [0, 0.05) is 6.07 Å². The van der Waals surface area contributed by atoms with E-state index in [2.05, 4.69) is 0 Å². The van der Waals surface area contributed by atoms with E-state index in [1.165, 1.54) is 0 Å². The summed E-state index contributed by atoms with van der Waals surface area (Å²) in [5.74, 6) is -3.89. The Labute approximate surface area is 84.0 Å². The largest absolute Gasteiger partial charge is 0.504 e. The molecule has 1 radical (unpaired) electrons. The van der Waals surface area contributed by atoms with Gasteiger partial charge in [0.25, 0.3) is 10.1 Å². The minimum Gasteiger partial charge on any atom is -0.504 e. The van der Waals surface area contributed by atoms with Crippen molar-refractivity contribution in [1.82, 2.24) is 0 Å². The van der Waals surface area contributed by atoms with Crippen LogP contribution in [0.25, 0.3) is 0 Å². The second kappa shape index (κ2) is 3.41. The van der Waals surface area contributed by atoms with Crippen LogP contribution in [0, 0.1) is 6.07 Å². The van der Waals surface area contributed by atoms with Crippen LogP contribution in [0.3, 0.4) is 0 Å². The predicted octanol–water partition coefficient (Wildman–Crippen LogP) is -0.157. The molecule has 7 nitrogen and oxygen atoms in total. The van der Waals surface area contributed by atoms with E-state index >= 15 is 0 Å². The highest BCUT2D eigenvalue weighted by Crippen LogP contribution is 2.32. The number of phenolic OH excluding ortho intramolecular Hbond substituents is 1. The fourth-order valence-electron chi connectivity index (χ4n) is 0.920. The van der Waals surface area contributed by atoms with E-state index in [1.807, 2.05) is 6.07 Å². The molecule has 0 aromatic heterocycles. The standard InChI is InChI=1S/C7H5O7S/c8-3-1-2-4(15(12,13)14)5(6(3)9)7(10)11/h2,8-9H,(H,10,11)(H,12,13,14). The lowest BCUT2D eigenvalue weighted by molar-refractivity contribution is 0.0688. The zero-order valence-corrected chi connectivity index (χ0v) is 7.82. The molecule has 0 saturated carbocycles. The van der Waals surface area contributed by atoms with Gasteiger partial charge in [-0.3, -0.25) is 4.55 Å². The van der Waals surface area contributed by atoms with Gasteiger partial charge in [0.1, 0.15) is 10.5 Å². The van der Waals surface area contributed by atoms with Gasteiger partial charge in [0.2, 0.25) is 0 Å². The van der Waals surface area contributed by atoms with E-state index in [1.54, 1.807) is 0 Å². The molecule has 1 aromatic rings. The third-order valence-electron chi connectivity index (χ3n) is 1.54. The van der Waals surface area contributed by atoms with E-state index in [9.17, 15) is 13.2 Å². The van der Waals surface area contributed by atoms with E-state index in [0.29, 0.717) is 6.07 Å². The van der Waals surface area contributed by atoms with Crippen molar-refractivity contribution in [2.45, 2.75) is 4.90 Å². The SMILES string of the molecule is O=C(O)c1c(S(=O)(=O)O)c[c]c(O)c1O. The highest BCUT2D eigenvalue weighted by Gasteiger charge is 2.25. The molecule has 8 heteroatoms. The van der Waals surface area contributed by atoms with Gasteiger partial charge in [0.15, 0.2) is 11.5 Å². The number of carboxylic acids is 1. The van der Waals surface area contributed by atoms with Gasteiger partial charge in [0.05, 0.1) is 0 Å². The van der Waals surface area contributed by atoms with Gasteiger partial charge in [-0.2, -0.15) is 8.42 Å². The Morgan fingerprint density at radius 2 is 1.87 bits per heavy atom. The number of phenols is 2. The first-order valence-corrected chi connectivity index (χ1v) is 4.86. The average molecular weight is 233 g/mol. The molecule has 4 N–H and O–H groups in total. The lowest BCUT2D eigenvalue weighted by Gasteiger charge is -2.05. The molecule has 0 amide bonds. The highest BCUT2D eigenvalue weighted by atomic mass is 32.2. The monoisotopic (exact) mass is 233 g/mol. The smallest absolute Gasteiger partial charge is 0.341 e. The Morgan fingerprint density at radius 3 is 2.27 bits per heavy atom. The van der Waals surface area contributed by atoms with Crippen LogP contribution in [0.4, 0.5) is 0 Å². The molecule has 1 rings (SSSR count). The van der Waals surface area contributed by atoms with Crippen molar-refractivity contribution >= 4 is 16.1 Å². The van der Waals surface area contributed by atoms with Crippen molar-refractivity contribution in [2.24, 2.45) is 0 Å². The maximum atomic E-state index is 10.7. The molecule has 0 atom stereocenters. The number of aromatic hydroxyl groups is 2. The van der Waals surface area contributed by atoms with Gasteiger partial charge in [-0.25, -0.2) is 4.79 Å². The highest BCUT2D eigenvalue weighted by molar-refractivity contribution is 7.86. The Balaban J connectivity index is 3.70. The fourth-order valence-corrected chi connectivity index (χ4v) is 1.57. The summed E-state index contributed by atoms with van der Waals surface area (Å²) >= 11 is 0. The summed E-state index contributed by atoms with van der Waals surface area (Å²) < 4.78 is 30.0. The third kappa shape index (κ3) is 2.00. The van der Waals surface area contributed by atoms with Gasteiger partial charge in [-0.15, -0.1) is 0 Å². The van der Waals surface area contributed by atoms with Crippen molar-refractivity contribution in [2.75, 3.05) is 0 Å². The Kier molecular flexibility index (Phi) is 2.56. The molecule has 15 heavy (non-hydrogen) atoms. The summed E-state index contributed by atoms with van der Waals surface area (Å²) in [7, 11) is -4.80. The first kappa shape index (κ1) is 11.3. The van der Waals surface area contributed by atoms with Crippen molar-refractivity contribution in [1.29, 1.82) is 0 Å². The molecule has 1 aromatic carbocycles. The Morgan fingerprint density at radius 1 is 1.33 bits per heavy atom. The molecule has 0 aliphatic carbocycles. The van der Waals surface area contributed by atoms with Gasteiger partial charge < -0.3 is 15.3 Å². The zero-order chi connectivity index (χ0) is 11.8. The quantitative estimate of drug-likeness (QED) is 0.412.